The molecule has 5 heteroatoms. The minimum atomic E-state index is 0.248. The van der Waals surface area contributed by atoms with Crippen LogP contribution in [0.15, 0.2) is 43.0 Å². The molecule has 0 unspecified atom stereocenters. The molecule has 0 spiro atoms. The average Bonchev–Trinajstić information content (AvgIpc) is 3.36. The van der Waals surface area contributed by atoms with Crippen LogP contribution < -0.4 is 0 Å². The predicted molar refractivity (Wildman–Crippen MR) is 97.4 cm³/mol. The zero-order valence-corrected chi connectivity index (χ0v) is 14.7. The summed E-state index contributed by atoms with van der Waals surface area (Å²) in [7, 11) is 0. The third kappa shape index (κ3) is 3.76. The Hall–Kier alpha value is -2.14. The monoisotopic (exact) mass is 338 g/mol. The molecule has 1 amide bonds. The molecule has 0 saturated carbocycles. The van der Waals surface area contributed by atoms with Gasteiger partial charge in [-0.05, 0) is 56.5 Å². The Labute approximate surface area is 149 Å². The number of carbonyl (C=O) groups excluding carboxylic acids is 1. The number of aromatic nitrogens is 2. The van der Waals surface area contributed by atoms with Crippen LogP contribution in [0, 0.1) is 5.92 Å². The maximum Gasteiger partial charge on any atom is 0.225 e. The molecule has 25 heavy (non-hydrogen) atoms. The van der Waals surface area contributed by atoms with E-state index in [4.69, 9.17) is 0 Å². The number of hydrogen-bond acceptors (Lipinski definition) is 3. The Balaban J connectivity index is 1.29. The fraction of sp³-hybridized carbons (Fsp3) is 0.500. The topological polar surface area (TPSA) is 41.4 Å². The predicted octanol–water partition coefficient (Wildman–Crippen LogP) is 2.71. The number of likely N-dealkylation sites (tertiary alicyclic amines) is 2. The van der Waals surface area contributed by atoms with Crippen molar-refractivity contribution in [1.82, 2.24) is 19.4 Å². The standard InChI is InChI=1S/C20H26N4O/c25-20(23-10-1-2-11-23)18-7-12-22(13-8-18)15-17-3-5-19(6-4-17)24-14-9-21-16-24/h3-6,9,14,16,18H,1-2,7-8,10-13,15H2. The van der Waals surface area contributed by atoms with Crippen molar-refractivity contribution in [3.63, 3.8) is 0 Å². The van der Waals surface area contributed by atoms with Gasteiger partial charge in [-0.1, -0.05) is 12.1 Å². The Morgan fingerprint density at radius 3 is 2.40 bits per heavy atom. The van der Waals surface area contributed by atoms with Crippen molar-refractivity contribution < 1.29 is 4.79 Å². The molecule has 2 aliphatic rings. The molecule has 4 rings (SSSR count). The number of benzene rings is 1. The lowest BCUT2D eigenvalue weighted by Crippen LogP contribution is -2.41. The lowest BCUT2D eigenvalue weighted by molar-refractivity contribution is -0.136. The van der Waals surface area contributed by atoms with E-state index in [0.717, 1.165) is 51.3 Å². The van der Waals surface area contributed by atoms with Crippen molar-refractivity contribution in [3.8, 4) is 5.69 Å². The first kappa shape index (κ1) is 16.3. The quantitative estimate of drug-likeness (QED) is 0.861. The summed E-state index contributed by atoms with van der Waals surface area (Å²) in [5.41, 5.74) is 2.46. The van der Waals surface area contributed by atoms with E-state index in [1.165, 1.54) is 18.4 Å². The third-order valence-electron chi connectivity index (χ3n) is 5.50. The maximum atomic E-state index is 12.5. The molecule has 1 aromatic carbocycles. The summed E-state index contributed by atoms with van der Waals surface area (Å²) in [4.78, 5) is 21.2. The molecule has 0 N–H and O–H groups in total. The van der Waals surface area contributed by atoms with Gasteiger partial charge in [0.2, 0.25) is 5.91 Å². The van der Waals surface area contributed by atoms with Crippen molar-refractivity contribution in [2.24, 2.45) is 5.92 Å². The van der Waals surface area contributed by atoms with Crippen LogP contribution in [0.5, 0.6) is 0 Å². The highest BCUT2D eigenvalue weighted by molar-refractivity contribution is 5.79. The summed E-state index contributed by atoms with van der Waals surface area (Å²) >= 11 is 0. The van der Waals surface area contributed by atoms with Crippen LogP contribution in [0.2, 0.25) is 0 Å². The molecule has 1 aromatic heterocycles. The van der Waals surface area contributed by atoms with Crippen molar-refractivity contribution in [2.75, 3.05) is 26.2 Å². The van der Waals surface area contributed by atoms with E-state index < -0.39 is 0 Å². The summed E-state index contributed by atoms with van der Waals surface area (Å²) in [5, 5.41) is 0. The molecule has 132 valence electrons. The molecular weight excluding hydrogens is 312 g/mol. The lowest BCUT2D eigenvalue weighted by atomic mass is 9.95. The molecule has 2 aromatic rings. The minimum Gasteiger partial charge on any atom is -0.342 e. The van der Waals surface area contributed by atoms with Gasteiger partial charge in [0.05, 0.1) is 6.33 Å². The van der Waals surface area contributed by atoms with Gasteiger partial charge in [-0.15, -0.1) is 0 Å². The molecule has 2 aliphatic heterocycles. The highest BCUT2D eigenvalue weighted by atomic mass is 16.2. The highest BCUT2D eigenvalue weighted by Gasteiger charge is 2.29. The van der Waals surface area contributed by atoms with E-state index in [2.05, 4.69) is 39.0 Å². The van der Waals surface area contributed by atoms with Gasteiger partial charge in [-0.25, -0.2) is 4.98 Å². The fourth-order valence-corrected chi connectivity index (χ4v) is 3.98. The van der Waals surface area contributed by atoms with Gasteiger partial charge in [0.15, 0.2) is 0 Å². The third-order valence-corrected chi connectivity index (χ3v) is 5.50. The van der Waals surface area contributed by atoms with Crippen LogP contribution >= 0.6 is 0 Å². The zero-order valence-electron chi connectivity index (χ0n) is 14.7. The molecule has 5 nitrogen and oxygen atoms in total. The van der Waals surface area contributed by atoms with Gasteiger partial charge in [0.25, 0.3) is 0 Å². The van der Waals surface area contributed by atoms with E-state index >= 15 is 0 Å². The number of rotatable bonds is 4. The Morgan fingerprint density at radius 2 is 1.76 bits per heavy atom. The summed E-state index contributed by atoms with van der Waals surface area (Å²) in [6.07, 6.45) is 9.93. The Morgan fingerprint density at radius 1 is 1.04 bits per heavy atom. The molecule has 3 heterocycles. The van der Waals surface area contributed by atoms with Gasteiger partial charge in [-0.3, -0.25) is 9.69 Å². The van der Waals surface area contributed by atoms with Gasteiger partial charge >= 0.3 is 0 Å². The molecule has 0 atom stereocenters. The molecule has 0 radical (unpaired) electrons. The molecule has 0 aliphatic carbocycles. The number of amides is 1. The maximum absolute atomic E-state index is 12.5. The first-order chi connectivity index (χ1) is 12.3. The Bertz CT molecular complexity index is 681. The second-order valence-electron chi connectivity index (χ2n) is 7.22. The summed E-state index contributed by atoms with van der Waals surface area (Å²) in [5.74, 6) is 0.653. The van der Waals surface area contributed by atoms with Crippen LogP contribution in [-0.2, 0) is 11.3 Å². The van der Waals surface area contributed by atoms with E-state index in [9.17, 15) is 4.79 Å². The second-order valence-corrected chi connectivity index (χ2v) is 7.22. The summed E-state index contributed by atoms with van der Waals surface area (Å²) in [6.45, 7) is 4.96. The van der Waals surface area contributed by atoms with Gasteiger partial charge in [0.1, 0.15) is 0 Å². The van der Waals surface area contributed by atoms with Crippen LogP contribution in [-0.4, -0.2) is 51.4 Å². The Kier molecular flexibility index (Phi) is 4.83. The normalized spacial score (nSPS) is 19.4. The van der Waals surface area contributed by atoms with E-state index in [1.54, 1.807) is 6.20 Å². The number of piperidine rings is 1. The van der Waals surface area contributed by atoms with E-state index in [-0.39, 0.29) is 5.92 Å². The highest BCUT2D eigenvalue weighted by Crippen LogP contribution is 2.23. The van der Waals surface area contributed by atoms with Crippen LogP contribution in [0.4, 0.5) is 0 Å². The van der Waals surface area contributed by atoms with Gasteiger partial charge < -0.3 is 9.47 Å². The smallest absolute Gasteiger partial charge is 0.225 e. The van der Waals surface area contributed by atoms with Crippen LogP contribution in [0.3, 0.4) is 0 Å². The van der Waals surface area contributed by atoms with Gasteiger partial charge in [-0.2, -0.15) is 0 Å². The number of imidazole rings is 1. The van der Waals surface area contributed by atoms with E-state index in [1.807, 2.05) is 17.1 Å². The second kappa shape index (κ2) is 7.40. The fourth-order valence-electron chi connectivity index (χ4n) is 3.98. The van der Waals surface area contributed by atoms with Crippen molar-refractivity contribution >= 4 is 5.91 Å². The summed E-state index contributed by atoms with van der Waals surface area (Å²) in [6, 6.07) is 8.66. The van der Waals surface area contributed by atoms with Crippen molar-refractivity contribution in [2.45, 2.75) is 32.2 Å². The molecule has 2 fully saturated rings. The lowest BCUT2D eigenvalue weighted by Gasteiger charge is -2.33. The SMILES string of the molecule is O=C(C1CCN(Cc2ccc(-n3ccnc3)cc2)CC1)N1CCCC1. The minimum absolute atomic E-state index is 0.248. The summed E-state index contributed by atoms with van der Waals surface area (Å²) < 4.78 is 2.01. The van der Waals surface area contributed by atoms with Crippen molar-refractivity contribution in [3.05, 3.63) is 48.5 Å². The molecular formula is C20H26N4O. The van der Waals surface area contributed by atoms with Crippen LogP contribution in [0.1, 0.15) is 31.2 Å². The number of carbonyl (C=O) groups is 1. The first-order valence-electron chi connectivity index (χ1n) is 9.38. The van der Waals surface area contributed by atoms with Gasteiger partial charge in [0, 0.05) is 43.6 Å². The first-order valence-corrected chi connectivity index (χ1v) is 9.38. The van der Waals surface area contributed by atoms with Crippen molar-refractivity contribution in [1.29, 1.82) is 0 Å². The number of nitrogens with zero attached hydrogens (tertiary/aromatic N) is 4. The number of hydrogen-bond donors (Lipinski definition) is 0. The largest absolute Gasteiger partial charge is 0.342 e. The average molecular weight is 338 g/mol. The van der Waals surface area contributed by atoms with Crippen LogP contribution in [0.25, 0.3) is 5.69 Å². The molecule has 2 saturated heterocycles. The van der Waals surface area contributed by atoms with E-state index in [0.29, 0.717) is 5.91 Å². The zero-order chi connectivity index (χ0) is 17.1. The molecule has 0 bridgehead atoms.